The molecule has 3 fully saturated rings. The molecule has 13 atom stereocenters. The Morgan fingerprint density at radius 2 is 1.19 bits per heavy atom. The molecule has 20 heteroatoms. The number of hydrogen-bond donors (Lipinski definition) is 5. The molecule has 1 heterocycles. The Balaban J connectivity index is 1.29. The standard InChI is InChI=1S/C61H68N2O18/c1-33-40(77-54(71)46(66)44(36-22-14-10-15-23-36)62-52(69)38-26-18-12-19-27-38)31-61(74)51(79-53(70)39-28-20-13-21-29-39)49-59(9,50(68)48(76-34(2)64)43(33)58(61,7)8)41(30-42-60(49,32-75-42)80-35(3)65)78-55(72)47(67)45(37-24-16-11-17-25-37)63-56(73)81-57(4,5)6/h10-29,40-42,44-49,51,66-67,74H,30-32H2,1-9H3,(H,62,69)(H,63,73)/t40-,41-,42+,44-,45?,46+,47?,48+,49?,51-,59+,60-,61+/m0/s1. The molecular weight excluding hydrogens is 1050 g/mol. The number of rotatable bonds is 15. The summed E-state index contributed by atoms with van der Waals surface area (Å²) in [7, 11) is 0. The minimum atomic E-state index is -2.60. The minimum absolute atomic E-state index is 0.0283. The molecule has 1 aliphatic heterocycles. The third-order valence-corrected chi connectivity index (χ3v) is 16.1. The summed E-state index contributed by atoms with van der Waals surface area (Å²) < 4.78 is 43.0. The van der Waals surface area contributed by atoms with Gasteiger partial charge in [0.25, 0.3) is 5.91 Å². The number of ketones is 1. The molecular formula is C61H68N2O18. The number of aliphatic hydroxyl groups excluding tert-OH is 2. The van der Waals surface area contributed by atoms with Gasteiger partial charge in [0.05, 0.1) is 35.6 Å². The highest BCUT2D eigenvalue weighted by Gasteiger charge is 2.79. The predicted octanol–water partition coefficient (Wildman–Crippen LogP) is 5.91. The summed E-state index contributed by atoms with van der Waals surface area (Å²) in [5.74, 6) is -9.11. The predicted molar refractivity (Wildman–Crippen MR) is 286 cm³/mol. The van der Waals surface area contributed by atoms with Crippen LogP contribution in [0.15, 0.2) is 132 Å². The molecule has 430 valence electrons. The highest BCUT2D eigenvalue weighted by molar-refractivity contribution is 5.97. The van der Waals surface area contributed by atoms with Gasteiger partial charge in [0.1, 0.15) is 35.6 Å². The van der Waals surface area contributed by atoms with Crippen LogP contribution in [0.1, 0.15) is 119 Å². The molecule has 20 nitrogen and oxygen atoms in total. The number of hydrogen-bond acceptors (Lipinski definition) is 18. The van der Waals surface area contributed by atoms with Crippen molar-refractivity contribution in [2.45, 2.75) is 147 Å². The molecule has 3 aliphatic carbocycles. The van der Waals surface area contributed by atoms with Gasteiger partial charge in [-0.25, -0.2) is 19.2 Å². The fraction of sp³-hybridized carbons (Fsp3) is 0.443. The number of amides is 2. The van der Waals surface area contributed by atoms with Crippen molar-refractivity contribution in [2.75, 3.05) is 6.61 Å². The molecule has 2 amide bonds. The molecule has 4 aromatic carbocycles. The summed E-state index contributed by atoms with van der Waals surface area (Å²) in [6.45, 7) is 12.3. The van der Waals surface area contributed by atoms with Crippen LogP contribution in [0, 0.1) is 16.7 Å². The number of ether oxygens (including phenoxy) is 7. The van der Waals surface area contributed by atoms with Crippen molar-refractivity contribution in [1.82, 2.24) is 10.6 Å². The maximum absolute atomic E-state index is 16.5. The molecule has 81 heavy (non-hydrogen) atoms. The molecule has 8 rings (SSSR count). The van der Waals surface area contributed by atoms with E-state index in [-0.39, 0.29) is 27.8 Å². The van der Waals surface area contributed by atoms with E-state index in [1.165, 1.54) is 52.0 Å². The number of alkyl carbamates (subject to hydrolysis) is 1. The van der Waals surface area contributed by atoms with Crippen molar-refractivity contribution in [2.24, 2.45) is 16.7 Å². The number of carbonyl (C=O) groups is 8. The molecule has 2 saturated carbocycles. The van der Waals surface area contributed by atoms with E-state index in [9.17, 15) is 48.9 Å². The summed E-state index contributed by atoms with van der Waals surface area (Å²) >= 11 is 0. The fourth-order valence-corrected chi connectivity index (χ4v) is 12.1. The van der Waals surface area contributed by atoms with Crippen LogP contribution in [0.2, 0.25) is 0 Å². The lowest BCUT2D eigenvalue weighted by molar-refractivity contribution is -0.346. The average molecular weight is 1120 g/mol. The van der Waals surface area contributed by atoms with E-state index in [0.717, 1.165) is 13.8 Å². The number of Topliss-reactive ketones (excluding diaryl/α,β-unsaturated/α-hetero) is 1. The Bertz CT molecular complexity index is 3070. The highest BCUT2D eigenvalue weighted by Crippen LogP contribution is 2.65. The lowest BCUT2D eigenvalue weighted by atomic mass is 9.44. The van der Waals surface area contributed by atoms with Gasteiger partial charge in [-0.1, -0.05) is 111 Å². The lowest BCUT2D eigenvalue weighted by Gasteiger charge is -2.67. The van der Waals surface area contributed by atoms with Crippen molar-refractivity contribution in [3.63, 3.8) is 0 Å². The largest absolute Gasteiger partial charge is 0.459 e. The van der Waals surface area contributed by atoms with Gasteiger partial charge in [0.15, 0.2) is 29.7 Å². The second-order valence-corrected chi connectivity index (χ2v) is 22.7. The van der Waals surface area contributed by atoms with Crippen molar-refractivity contribution in [1.29, 1.82) is 0 Å². The Kier molecular flexibility index (Phi) is 16.8. The van der Waals surface area contributed by atoms with Crippen LogP contribution in [-0.4, -0.2) is 129 Å². The number of nitrogens with one attached hydrogen (secondary N) is 2. The molecule has 2 bridgehead atoms. The first-order valence-electron chi connectivity index (χ1n) is 26.6. The van der Waals surface area contributed by atoms with E-state index in [1.54, 1.807) is 118 Å². The summed E-state index contributed by atoms with van der Waals surface area (Å²) in [5.41, 5.74) is -9.15. The number of aliphatic hydroxyl groups is 3. The highest BCUT2D eigenvalue weighted by atomic mass is 16.6. The van der Waals surface area contributed by atoms with Gasteiger partial charge in [-0.05, 0) is 81.2 Å². The Hall–Kier alpha value is -7.78. The first-order valence-corrected chi connectivity index (χ1v) is 26.6. The third kappa shape index (κ3) is 11.5. The first kappa shape index (κ1) is 59.3. The van der Waals surface area contributed by atoms with E-state index < -0.39 is 155 Å². The van der Waals surface area contributed by atoms with Crippen LogP contribution >= 0.6 is 0 Å². The number of esters is 5. The summed E-state index contributed by atoms with van der Waals surface area (Å²) in [6, 6.07) is 28.8. The van der Waals surface area contributed by atoms with Crippen molar-refractivity contribution in [3.8, 4) is 0 Å². The van der Waals surface area contributed by atoms with Crippen LogP contribution in [0.4, 0.5) is 4.79 Å². The second kappa shape index (κ2) is 23.0. The minimum Gasteiger partial charge on any atom is -0.459 e. The van der Waals surface area contributed by atoms with E-state index in [0.29, 0.717) is 5.56 Å². The monoisotopic (exact) mass is 1120 g/mol. The van der Waals surface area contributed by atoms with E-state index in [4.69, 9.17) is 33.2 Å². The molecule has 3 unspecified atom stereocenters. The molecule has 4 aliphatic rings. The second-order valence-electron chi connectivity index (χ2n) is 22.7. The normalized spacial score (nSPS) is 27.9. The maximum Gasteiger partial charge on any atom is 0.408 e. The van der Waals surface area contributed by atoms with Crippen LogP contribution in [-0.2, 0) is 57.1 Å². The zero-order chi connectivity index (χ0) is 59.0. The van der Waals surface area contributed by atoms with Crippen LogP contribution < -0.4 is 10.6 Å². The number of benzene rings is 4. The molecule has 0 spiro atoms. The molecule has 4 aromatic rings. The third-order valence-electron chi connectivity index (χ3n) is 16.1. The van der Waals surface area contributed by atoms with Gasteiger partial charge in [-0.2, -0.15) is 0 Å². The van der Waals surface area contributed by atoms with Gasteiger partial charge in [-0.15, -0.1) is 0 Å². The quantitative estimate of drug-likeness (QED) is 0.0525. The average Bonchev–Trinajstić information content (AvgIpc) is 3.61. The Morgan fingerprint density at radius 1 is 0.679 bits per heavy atom. The van der Waals surface area contributed by atoms with E-state index in [1.807, 2.05) is 0 Å². The molecule has 0 radical (unpaired) electrons. The van der Waals surface area contributed by atoms with E-state index in [2.05, 4.69) is 10.6 Å². The summed E-state index contributed by atoms with van der Waals surface area (Å²) in [4.78, 5) is 115. The smallest absolute Gasteiger partial charge is 0.408 e. The van der Waals surface area contributed by atoms with Gasteiger partial charge >= 0.3 is 35.9 Å². The molecule has 5 N–H and O–H groups in total. The van der Waals surface area contributed by atoms with Crippen molar-refractivity contribution in [3.05, 3.63) is 155 Å². The topological polar surface area (TPSA) is 286 Å². The number of carbonyl (C=O) groups excluding carboxylic acids is 8. The maximum atomic E-state index is 16.5. The van der Waals surface area contributed by atoms with Crippen molar-refractivity contribution < 1.29 is 86.8 Å². The van der Waals surface area contributed by atoms with Crippen LogP contribution in [0.25, 0.3) is 0 Å². The zero-order valence-electron chi connectivity index (χ0n) is 46.4. The first-order chi connectivity index (χ1) is 38.1. The Labute approximate surface area is 468 Å². The molecule has 1 saturated heterocycles. The Morgan fingerprint density at radius 3 is 1.68 bits per heavy atom. The van der Waals surface area contributed by atoms with Crippen molar-refractivity contribution >= 4 is 47.6 Å². The lowest BCUT2D eigenvalue weighted by Crippen LogP contribution is -2.82. The molecule has 0 aromatic heterocycles. The van der Waals surface area contributed by atoms with E-state index >= 15 is 4.79 Å². The van der Waals surface area contributed by atoms with Crippen LogP contribution in [0.3, 0.4) is 0 Å². The summed E-state index contributed by atoms with van der Waals surface area (Å²) in [6.07, 6.45) is -15.2. The van der Waals surface area contributed by atoms with Gasteiger partial charge in [-0.3, -0.25) is 19.2 Å². The SMILES string of the molecule is CC(=O)O[C@H]1C(=O)[C@@]2(C)C([C@H](OC(=O)c3ccccc3)[C@]3(O)C[C@H](OC(=O)[C@H](O)[C@@H](NC(=O)c4ccccc4)c4ccccc4)C(C)=C1C3(C)C)[C@]1(OC(C)=O)CO[C@@H]1C[C@@H]2OC(=O)C(O)C(NC(=O)OC(C)(C)C)c1ccccc1. The number of fused-ring (bicyclic) bond motifs is 5. The van der Waals surface area contributed by atoms with Gasteiger partial charge in [0, 0.05) is 37.7 Å². The van der Waals surface area contributed by atoms with Gasteiger partial charge < -0.3 is 59.1 Å². The zero-order valence-corrected chi connectivity index (χ0v) is 46.4. The fourth-order valence-electron chi connectivity index (χ4n) is 12.1. The van der Waals surface area contributed by atoms with Gasteiger partial charge in [0.2, 0.25) is 0 Å². The van der Waals surface area contributed by atoms with Crippen LogP contribution in [0.5, 0.6) is 0 Å². The summed E-state index contributed by atoms with van der Waals surface area (Å²) in [5, 5.41) is 43.5.